The number of benzene rings is 2. The maximum atomic E-state index is 13.0. The van der Waals surface area contributed by atoms with Crippen LogP contribution in [0.1, 0.15) is 23.6 Å². The number of carbonyl (C=O) groups excluding carboxylic acids is 1. The molecule has 188 valence electrons. The third kappa shape index (κ3) is 5.35. The van der Waals surface area contributed by atoms with Crippen LogP contribution in [-0.2, 0) is 17.8 Å². The molecule has 3 atom stereocenters. The van der Waals surface area contributed by atoms with Crippen LogP contribution in [0.25, 0.3) is 10.8 Å². The van der Waals surface area contributed by atoms with Gasteiger partial charge in [0.25, 0.3) is 5.56 Å². The van der Waals surface area contributed by atoms with Crippen LogP contribution in [0.2, 0.25) is 0 Å². The van der Waals surface area contributed by atoms with Gasteiger partial charge in [0.1, 0.15) is 6.17 Å². The molecule has 3 aromatic rings. The molecule has 2 aliphatic heterocycles. The zero-order valence-corrected chi connectivity index (χ0v) is 22.4. The van der Waals surface area contributed by atoms with Crippen molar-refractivity contribution in [3.05, 3.63) is 82.3 Å². The number of hydrogen-bond donors (Lipinski definition) is 2. The Balaban J connectivity index is 1.27. The highest BCUT2D eigenvalue weighted by Crippen LogP contribution is 2.35. The van der Waals surface area contributed by atoms with Crippen LogP contribution < -0.4 is 16.2 Å². The van der Waals surface area contributed by atoms with Crippen molar-refractivity contribution < 1.29 is 4.79 Å². The molecule has 2 aliphatic rings. The fourth-order valence-electron chi connectivity index (χ4n) is 5.31. The van der Waals surface area contributed by atoms with Crippen molar-refractivity contribution in [1.82, 2.24) is 20.1 Å². The van der Waals surface area contributed by atoms with Gasteiger partial charge in [-0.1, -0.05) is 83.3 Å². The number of piperidine rings is 1. The van der Waals surface area contributed by atoms with E-state index >= 15 is 0 Å². The van der Waals surface area contributed by atoms with E-state index in [2.05, 4.69) is 10.6 Å². The topological polar surface area (TPSA) is 66.4 Å². The molecule has 1 aromatic heterocycles. The average Bonchev–Trinajstić information content (AvgIpc) is 2.84. The summed E-state index contributed by atoms with van der Waals surface area (Å²) in [4.78, 5) is 27.3. The summed E-state index contributed by atoms with van der Waals surface area (Å²) in [6.07, 6.45) is 0.110. The Hall–Kier alpha value is -2.32. The molecule has 36 heavy (non-hydrogen) atoms. The number of nitrogens with one attached hydrogen (secondary N) is 2. The average molecular weight is 564 g/mol. The summed E-state index contributed by atoms with van der Waals surface area (Å²) < 4.78 is 0.0360. The van der Waals surface area contributed by atoms with Crippen LogP contribution in [0, 0.1) is 5.92 Å². The zero-order valence-electron chi connectivity index (χ0n) is 19.3. The second-order valence-electron chi connectivity index (χ2n) is 9.41. The van der Waals surface area contributed by atoms with Crippen molar-refractivity contribution in [3.63, 3.8) is 0 Å². The number of pyridine rings is 1. The van der Waals surface area contributed by atoms with E-state index in [-0.39, 0.29) is 29.7 Å². The summed E-state index contributed by atoms with van der Waals surface area (Å²) in [5.41, 5.74) is 1.93. The van der Waals surface area contributed by atoms with Crippen LogP contribution in [0.4, 0.5) is 0 Å². The fraction of sp³-hybridized carbons (Fsp3) is 0.346. The van der Waals surface area contributed by atoms with Crippen molar-refractivity contribution in [2.45, 2.75) is 35.3 Å². The zero-order chi connectivity index (χ0) is 25.4. The van der Waals surface area contributed by atoms with Gasteiger partial charge in [-0.05, 0) is 47.0 Å². The van der Waals surface area contributed by atoms with Gasteiger partial charge >= 0.3 is 0 Å². The minimum absolute atomic E-state index is 0.0292. The fourth-order valence-corrected chi connectivity index (χ4v) is 5.90. The molecule has 1 saturated heterocycles. The molecule has 10 heteroatoms. The lowest BCUT2D eigenvalue weighted by atomic mass is 9.83. The third-order valence-electron chi connectivity index (χ3n) is 6.90. The van der Waals surface area contributed by atoms with E-state index in [1.54, 1.807) is 12.1 Å². The highest BCUT2D eigenvalue weighted by Gasteiger charge is 2.38. The summed E-state index contributed by atoms with van der Waals surface area (Å²) in [5, 5.41) is 8.33. The molecule has 2 aromatic carbocycles. The lowest BCUT2D eigenvalue weighted by Gasteiger charge is -2.44. The van der Waals surface area contributed by atoms with E-state index in [1.165, 1.54) is 0 Å². The minimum Gasteiger partial charge on any atom is -0.348 e. The highest BCUT2D eigenvalue weighted by atomic mass is 35.6. The van der Waals surface area contributed by atoms with Crippen LogP contribution in [-0.4, -0.2) is 43.5 Å². The summed E-state index contributed by atoms with van der Waals surface area (Å²) in [5.74, 6) is 0.170. The smallest absolute Gasteiger partial charge is 0.250 e. The number of fused-ring (bicyclic) bond motifs is 5. The molecule has 0 aliphatic carbocycles. The molecule has 1 amide bonds. The Morgan fingerprint density at radius 1 is 1.00 bits per heavy atom. The number of hydrogen-bond acceptors (Lipinski definition) is 3. The molecule has 3 heterocycles. The Morgan fingerprint density at radius 2 is 1.75 bits per heavy atom. The number of halogens is 3. The first-order chi connectivity index (χ1) is 17.2. The Morgan fingerprint density at radius 3 is 2.56 bits per heavy atom. The van der Waals surface area contributed by atoms with Crippen molar-refractivity contribution in [1.29, 1.82) is 0 Å². The quantitative estimate of drug-likeness (QED) is 0.281. The molecule has 0 radical (unpaired) electrons. The molecular formula is C26H25Cl3N4O2S. The Bertz CT molecular complexity index is 1370. The number of aromatic nitrogens is 1. The first kappa shape index (κ1) is 25.3. The highest BCUT2D eigenvalue weighted by molar-refractivity contribution is 7.80. The molecule has 2 N–H and O–H groups in total. The molecule has 1 unspecified atom stereocenters. The predicted molar refractivity (Wildman–Crippen MR) is 149 cm³/mol. The van der Waals surface area contributed by atoms with Gasteiger partial charge in [-0.15, -0.1) is 0 Å². The van der Waals surface area contributed by atoms with Crippen LogP contribution in [0.3, 0.4) is 0 Å². The number of alkyl halides is 3. The summed E-state index contributed by atoms with van der Waals surface area (Å²) in [7, 11) is 0. The van der Waals surface area contributed by atoms with Gasteiger partial charge in [0, 0.05) is 37.3 Å². The second-order valence-corrected chi connectivity index (χ2v) is 12.2. The molecule has 6 nitrogen and oxygen atoms in total. The van der Waals surface area contributed by atoms with Gasteiger partial charge < -0.3 is 20.1 Å². The van der Waals surface area contributed by atoms with Gasteiger partial charge in [0.2, 0.25) is 9.70 Å². The summed E-state index contributed by atoms with van der Waals surface area (Å²) >= 11 is 24.4. The minimum atomic E-state index is -1.83. The third-order valence-corrected chi connectivity index (χ3v) is 7.93. The van der Waals surface area contributed by atoms with Gasteiger partial charge in [-0.3, -0.25) is 9.59 Å². The molecule has 2 bridgehead atoms. The Labute approximate surface area is 229 Å². The molecular weight excluding hydrogens is 539 g/mol. The van der Waals surface area contributed by atoms with Crippen molar-refractivity contribution in [2.75, 3.05) is 13.1 Å². The summed E-state index contributed by atoms with van der Waals surface area (Å²) in [6, 6.07) is 19.1. The molecule has 0 saturated carbocycles. The molecule has 5 rings (SSSR count). The lowest BCUT2D eigenvalue weighted by molar-refractivity contribution is -0.121. The maximum Gasteiger partial charge on any atom is 0.250 e. The first-order valence-corrected chi connectivity index (χ1v) is 13.3. The van der Waals surface area contributed by atoms with E-state index in [1.807, 2.05) is 58.0 Å². The van der Waals surface area contributed by atoms with E-state index in [0.29, 0.717) is 24.7 Å². The second kappa shape index (κ2) is 10.2. The van der Waals surface area contributed by atoms with E-state index < -0.39 is 9.96 Å². The number of rotatable bonds is 4. The number of nitrogens with zero attached hydrogens (tertiary/aromatic N) is 2. The molecule has 1 fully saturated rings. The van der Waals surface area contributed by atoms with Gasteiger partial charge in [0.15, 0.2) is 5.11 Å². The number of thiocarbonyl (C=S) groups is 1. The van der Waals surface area contributed by atoms with Gasteiger partial charge in [-0.2, -0.15) is 0 Å². The monoisotopic (exact) mass is 562 g/mol. The van der Waals surface area contributed by atoms with Crippen molar-refractivity contribution in [3.8, 4) is 0 Å². The van der Waals surface area contributed by atoms with Crippen molar-refractivity contribution >= 4 is 68.8 Å². The van der Waals surface area contributed by atoms with Gasteiger partial charge in [0.05, 0.1) is 6.42 Å². The van der Waals surface area contributed by atoms with Crippen LogP contribution in [0.15, 0.2) is 65.5 Å². The number of amides is 1. The van der Waals surface area contributed by atoms with Crippen LogP contribution >= 0.6 is 47.0 Å². The maximum absolute atomic E-state index is 13.0. The van der Waals surface area contributed by atoms with Gasteiger partial charge in [-0.25, -0.2) is 0 Å². The van der Waals surface area contributed by atoms with Crippen LogP contribution in [0.5, 0.6) is 0 Å². The largest absolute Gasteiger partial charge is 0.348 e. The Kier molecular flexibility index (Phi) is 7.18. The molecule has 0 spiro atoms. The predicted octanol–water partition coefficient (Wildman–Crippen LogP) is 4.35. The SMILES string of the molecule is O=C(Cc1cccc2ccccc12)NC(NC(=S)N1C[C@@H]2C[C@H](C1)c1cccc(=O)n1C2)C(Cl)(Cl)Cl. The first-order valence-electron chi connectivity index (χ1n) is 11.8. The van der Waals surface area contributed by atoms with Crippen molar-refractivity contribution in [2.24, 2.45) is 5.92 Å². The standard InChI is InChI=1S/C26H25Cl3N4O2S/c27-26(28,29)24(30-22(34)12-18-7-3-6-17-5-1-2-8-20(17)18)31-25(36)32-13-16-11-19(15-32)21-9-4-10-23(35)33(21)14-16/h1-10,16,19,24H,11-15H2,(H,30,34)(H,31,36)/t16-,19+,24?/m0/s1. The summed E-state index contributed by atoms with van der Waals surface area (Å²) in [6.45, 7) is 1.97. The van der Waals surface area contributed by atoms with E-state index in [9.17, 15) is 9.59 Å². The number of likely N-dealkylation sites (tertiary alicyclic amines) is 1. The van der Waals surface area contributed by atoms with E-state index in [0.717, 1.165) is 28.5 Å². The normalized spacial score (nSPS) is 19.9. The number of carbonyl (C=O) groups is 1. The lowest BCUT2D eigenvalue weighted by Crippen LogP contribution is -2.60. The van der Waals surface area contributed by atoms with E-state index in [4.69, 9.17) is 47.0 Å².